The average molecular weight is 1360 g/mol. The van der Waals surface area contributed by atoms with Crippen LogP contribution in [0.2, 0.25) is 87.6 Å². The Bertz CT molecular complexity index is 2180. The average Bonchev–Trinajstić information content (AvgIpc) is 1.94. The molecule has 0 saturated heterocycles. The summed E-state index contributed by atoms with van der Waals surface area (Å²) in [5.41, 5.74) is 12.8. The van der Waals surface area contributed by atoms with Crippen molar-refractivity contribution >= 4 is 138 Å². The number of hydrogen-bond acceptors (Lipinski definition) is 0. The van der Waals surface area contributed by atoms with Gasteiger partial charge in [0, 0.05) is 69.6 Å². The van der Waals surface area contributed by atoms with Crippen molar-refractivity contribution in [3.8, 4) is 11.4 Å². The number of hydrogen-bond donors (Lipinski definition) is 0. The third-order valence-electron chi connectivity index (χ3n) is 27.3. The first-order valence-corrected chi connectivity index (χ1v) is 71.0. The molecule has 4 aliphatic rings. The third-order valence-corrected chi connectivity index (χ3v) is 70.6. The van der Waals surface area contributed by atoms with Crippen LogP contribution >= 0.6 is 22.2 Å². The minimum atomic E-state index is -1.82. The van der Waals surface area contributed by atoms with E-state index >= 15 is 0 Å². The molecule has 4 saturated carbocycles. The van der Waals surface area contributed by atoms with Gasteiger partial charge >= 0.3 is 63.2 Å². The zero-order valence-corrected chi connectivity index (χ0v) is 76.4. The quantitative estimate of drug-likeness (QED) is 0.0916. The van der Waals surface area contributed by atoms with Gasteiger partial charge in [0.05, 0.1) is 0 Å². The number of imidazole rings is 1. The van der Waals surface area contributed by atoms with Crippen LogP contribution in [0.3, 0.4) is 0 Å². The molecule has 0 amide bonds. The molecule has 16 atom stereocenters. The van der Waals surface area contributed by atoms with Crippen molar-refractivity contribution in [1.82, 2.24) is 4.57 Å². The molecule has 476 valence electrons. The van der Waals surface area contributed by atoms with Gasteiger partial charge in [-0.25, -0.2) is 9.13 Å². The number of benzene rings is 2. The van der Waals surface area contributed by atoms with Crippen LogP contribution in [0.5, 0.6) is 0 Å². The minimum absolute atomic E-state index is 0.392. The third kappa shape index (κ3) is 16.6. The Balaban J connectivity index is 0.000000326. The number of para-hydroxylation sites is 2. The summed E-state index contributed by atoms with van der Waals surface area (Å²) in [6.07, 6.45) is 4.30. The van der Waals surface area contributed by atoms with E-state index in [0.29, 0.717) is 23.7 Å². The molecule has 1 heterocycles. The van der Waals surface area contributed by atoms with Crippen LogP contribution in [0.1, 0.15) is 212 Å². The van der Waals surface area contributed by atoms with E-state index in [4.69, 9.17) is 22.2 Å². The predicted octanol–water partition coefficient (Wildman–Crippen LogP) is 22.1. The molecule has 4 fully saturated rings. The first kappa shape index (κ1) is 82.0. The van der Waals surface area contributed by atoms with Gasteiger partial charge in [0.1, 0.15) is 29.2 Å². The fourth-order valence-corrected chi connectivity index (χ4v) is 54.7. The Hall–Kier alpha value is 2.80. The van der Waals surface area contributed by atoms with Crippen molar-refractivity contribution in [3.05, 3.63) is 71.0 Å². The Kier molecular flexibility index (Phi) is 32.5. The van der Waals surface area contributed by atoms with Gasteiger partial charge < -0.3 is 22.2 Å². The molecule has 0 bridgehead atoms. The Morgan fingerprint density at radius 1 is 0.400 bits per heavy atom. The first-order valence-electron chi connectivity index (χ1n) is 35.2. The second-order valence-corrected chi connectivity index (χ2v) is 69.8. The number of rotatable bonds is 13. The topological polar surface area (TPSA) is 8.81 Å². The van der Waals surface area contributed by atoms with Gasteiger partial charge in [-0.3, -0.25) is 0 Å². The Labute approximate surface area is 592 Å². The van der Waals surface area contributed by atoms with Gasteiger partial charge in [0.15, 0.2) is 0 Å². The maximum atomic E-state index is 6.81. The number of aromatic nitrogens is 2. The molecule has 2 nitrogen and oxygen atoms in total. The van der Waals surface area contributed by atoms with Crippen LogP contribution in [0.4, 0.5) is 0 Å². The molecule has 85 heavy (non-hydrogen) atoms. The summed E-state index contributed by atoms with van der Waals surface area (Å²) in [6, 6.07) is 13.3. The van der Waals surface area contributed by atoms with Crippen LogP contribution in [0.15, 0.2) is 48.8 Å². The van der Waals surface area contributed by atoms with E-state index in [9.17, 15) is 0 Å². The summed E-state index contributed by atoms with van der Waals surface area (Å²) in [4.78, 5) is 0. The fourth-order valence-electron chi connectivity index (χ4n) is 19.9. The van der Waals surface area contributed by atoms with E-state index in [1.165, 1.54) is 96.8 Å². The normalized spacial score (nSPS) is 33.3. The van der Waals surface area contributed by atoms with Gasteiger partial charge in [-0.15, -0.1) is 0 Å². The molecule has 12 heteroatoms. The number of halogens is 2. The van der Waals surface area contributed by atoms with E-state index < -0.39 is 37.8 Å². The molecule has 4 aliphatic carbocycles. The Morgan fingerprint density at radius 2 is 0.600 bits per heavy atom. The summed E-state index contributed by atoms with van der Waals surface area (Å²) < 4.78 is 4.53. The van der Waals surface area contributed by atoms with Gasteiger partial charge in [-0.1, -0.05) is 268 Å². The van der Waals surface area contributed by atoms with Crippen molar-refractivity contribution in [2.24, 2.45) is 94.7 Å². The maximum absolute atomic E-state index is 6.81. The van der Waals surface area contributed by atoms with E-state index in [1.807, 2.05) is 0 Å². The predicted molar refractivity (Wildman–Crippen MR) is 401 cm³/mol. The molecule has 0 N–H and O–H groups in total. The molecule has 0 aliphatic heterocycles. The summed E-state index contributed by atoms with van der Waals surface area (Å²) in [5, 5.41) is 0. The molecule has 0 spiro atoms. The molecule has 16 unspecified atom stereocenters. The SMILES string of the molecule is CC(C)c1cccc(C(C)C)c1-n1cc[n+](-c2c(C(C)C)cccc2C(C)C)c1[Si-](Cl)Cl.CC1C(C)C(C)C([Si](C)(C)[Si](C)(C)C2C(C)C(C)C(C)C2C)C1C.CC1C(C)C(C)C([Si](C)(C)[Si](C)(C)C2C(C)C(C)C(C)C2C)C1C.C[Si]C.[K][K]. The van der Waals surface area contributed by atoms with Gasteiger partial charge in [-0.2, -0.15) is 0 Å². The van der Waals surface area contributed by atoms with Crippen LogP contribution in [0.25, 0.3) is 11.4 Å². The van der Waals surface area contributed by atoms with Crippen molar-refractivity contribution in [1.29, 1.82) is 0 Å². The van der Waals surface area contributed by atoms with Crippen molar-refractivity contribution in [2.75, 3.05) is 0 Å². The summed E-state index contributed by atoms with van der Waals surface area (Å²) in [6.45, 7) is 85.9. The Morgan fingerprint density at radius 3 is 0.788 bits per heavy atom. The molecule has 1 aromatic heterocycles. The van der Waals surface area contributed by atoms with E-state index in [2.05, 4.69) is 290 Å². The summed E-state index contributed by atoms with van der Waals surface area (Å²) >= 11 is 16.1. The van der Waals surface area contributed by atoms with Crippen LogP contribution < -0.4 is 10.0 Å². The second kappa shape index (κ2) is 33.7. The van der Waals surface area contributed by atoms with Gasteiger partial charge in [0.25, 0.3) is 0 Å². The molecule has 3 aromatic rings. The molecular weight excluding hydrogens is 1220 g/mol. The van der Waals surface area contributed by atoms with Gasteiger partial charge in [0.2, 0.25) is 0 Å². The van der Waals surface area contributed by atoms with Crippen LogP contribution in [0, 0.1) is 94.7 Å². The molecule has 7 rings (SSSR count). The van der Waals surface area contributed by atoms with Crippen molar-refractivity contribution in [3.63, 3.8) is 0 Å². The fraction of sp³-hybridized carbons (Fsp3) is 0.795. The number of nitrogens with zero attached hydrogens (tertiary/aromatic N) is 2. The van der Waals surface area contributed by atoms with E-state index in [1.54, 1.807) is 0 Å². The monoisotopic (exact) mass is 1350 g/mol. The van der Waals surface area contributed by atoms with Crippen molar-refractivity contribution < 1.29 is 4.57 Å². The van der Waals surface area contributed by atoms with Gasteiger partial charge in [-0.05, 0) is 141 Å². The summed E-state index contributed by atoms with van der Waals surface area (Å²) in [5.74, 6) is 16.4. The second-order valence-electron chi connectivity index (χ2n) is 33.0. The zero-order valence-electron chi connectivity index (χ0n) is 62.6. The molecule has 2 aromatic carbocycles. The van der Waals surface area contributed by atoms with E-state index in [0.717, 1.165) is 132 Å². The first-order chi connectivity index (χ1) is 39.0. The standard InChI is InChI=1S/C27H36Cl2N2Si.2C22H46Si2.C2H6Si.2K/c1-17(2)21-11-9-12-22(18(3)4)25(21)30-15-16-31(27(30)32(28)29)26-23(19(5)6)13-10-14-24(26)20(7)8;2*1-13-14(2)18(6)21(17(13)5)23(9,10)24(11,12)22-19(7)15(3)16(4)20(22)8;1-3-2;;/h9-20H,1-8H3;2*13-22H,1-12H3;1-2H3;;. The van der Waals surface area contributed by atoms with Crippen LogP contribution in [-0.4, -0.2) is 115 Å². The summed E-state index contributed by atoms with van der Waals surface area (Å²) in [7, 11) is -5.84. The molecular formula is C73H134Cl2K2N2Si6. The van der Waals surface area contributed by atoms with Crippen LogP contribution in [-0.2, 0) is 0 Å². The zero-order chi connectivity index (χ0) is 66.0. The molecule has 2 radical (unpaired) electrons. The van der Waals surface area contributed by atoms with E-state index in [-0.39, 0.29) is 0 Å². The van der Waals surface area contributed by atoms with Crippen molar-refractivity contribution in [2.45, 2.75) is 277 Å².